The van der Waals surface area contributed by atoms with Crippen molar-refractivity contribution in [3.05, 3.63) is 64.7 Å². The highest BCUT2D eigenvalue weighted by atomic mass is 35.5. The van der Waals surface area contributed by atoms with Gasteiger partial charge in [-0.15, -0.1) is 0 Å². The quantitative estimate of drug-likeness (QED) is 0.867. The van der Waals surface area contributed by atoms with Gasteiger partial charge in [-0.05, 0) is 36.2 Å². The summed E-state index contributed by atoms with van der Waals surface area (Å²) < 4.78 is 28.8. The first-order valence-electron chi connectivity index (χ1n) is 7.90. The number of para-hydroxylation sites is 1. The van der Waals surface area contributed by atoms with Crippen LogP contribution in [-0.2, 0) is 16.4 Å². The number of hydrogen-bond acceptors (Lipinski definition) is 4. The molecule has 0 radical (unpaired) electrons. The maximum absolute atomic E-state index is 12.5. The van der Waals surface area contributed by atoms with Crippen LogP contribution < -0.4 is 10.1 Å². The van der Waals surface area contributed by atoms with E-state index in [1.54, 1.807) is 36.4 Å². The molecule has 1 fully saturated rings. The first-order chi connectivity index (χ1) is 11.9. The van der Waals surface area contributed by atoms with Gasteiger partial charge >= 0.3 is 0 Å². The van der Waals surface area contributed by atoms with E-state index in [-0.39, 0.29) is 23.5 Å². The van der Waals surface area contributed by atoms with Crippen molar-refractivity contribution >= 4 is 27.3 Å². The predicted molar refractivity (Wildman–Crippen MR) is 96.8 cm³/mol. The molecule has 2 aromatic carbocycles. The van der Waals surface area contributed by atoms with E-state index in [2.05, 4.69) is 5.32 Å². The Morgan fingerprint density at radius 1 is 1.16 bits per heavy atom. The van der Waals surface area contributed by atoms with E-state index >= 15 is 0 Å². The fourth-order valence-corrected chi connectivity index (χ4v) is 4.49. The highest BCUT2D eigenvalue weighted by molar-refractivity contribution is 7.91. The van der Waals surface area contributed by atoms with Gasteiger partial charge in [-0.3, -0.25) is 4.79 Å². The minimum Gasteiger partial charge on any atom is -0.488 e. The van der Waals surface area contributed by atoms with Gasteiger partial charge in [0, 0.05) is 11.1 Å². The molecule has 25 heavy (non-hydrogen) atoms. The molecular weight excluding hydrogens is 362 g/mol. The third kappa shape index (κ3) is 4.74. The maximum Gasteiger partial charge on any atom is 0.255 e. The lowest BCUT2D eigenvalue weighted by atomic mass is 10.1. The van der Waals surface area contributed by atoms with Crippen LogP contribution in [0.25, 0.3) is 0 Å². The standard InChI is InChI=1S/C18H18ClNO4S/c19-14-7-5-13(6-8-14)11-24-17-4-2-1-3-16(17)18(21)20-15-9-10-25(22,23)12-15/h1-8,15H,9-12H2,(H,20,21)/t15-/m1/s1. The van der Waals surface area contributed by atoms with Crippen molar-refractivity contribution in [3.63, 3.8) is 0 Å². The van der Waals surface area contributed by atoms with E-state index in [1.165, 1.54) is 0 Å². The molecule has 5 nitrogen and oxygen atoms in total. The van der Waals surface area contributed by atoms with Gasteiger partial charge < -0.3 is 10.1 Å². The number of hydrogen-bond donors (Lipinski definition) is 1. The Kier molecular flexibility index (Phi) is 5.30. The SMILES string of the molecule is O=C(N[C@@H]1CCS(=O)(=O)C1)c1ccccc1OCc1ccc(Cl)cc1. The van der Waals surface area contributed by atoms with Crippen molar-refractivity contribution < 1.29 is 17.9 Å². The van der Waals surface area contributed by atoms with Crippen molar-refractivity contribution in [2.75, 3.05) is 11.5 Å². The molecule has 0 spiro atoms. The summed E-state index contributed by atoms with van der Waals surface area (Å²) in [5, 5.41) is 3.43. The molecule has 1 heterocycles. The van der Waals surface area contributed by atoms with Crippen LogP contribution in [0, 0.1) is 0 Å². The second-order valence-corrected chi connectivity index (χ2v) is 8.65. The van der Waals surface area contributed by atoms with Crippen LogP contribution in [0.2, 0.25) is 5.02 Å². The van der Waals surface area contributed by atoms with Crippen LogP contribution in [-0.4, -0.2) is 31.9 Å². The lowest BCUT2D eigenvalue weighted by Crippen LogP contribution is -2.35. The Morgan fingerprint density at radius 3 is 2.56 bits per heavy atom. The van der Waals surface area contributed by atoms with E-state index < -0.39 is 9.84 Å². The molecule has 1 N–H and O–H groups in total. The Balaban J connectivity index is 1.67. The zero-order valence-electron chi connectivity index (χ0n) is 13.4. The fourth-order valence-electron chi connectivity index (χ4n) is 2.69. The number of halogens is 1. The highest BCUT2D eigenvalue weighted by Crippen LogP contribution is 2.21. The van der Waals surface area contributed by atoms with Gasteiger partial charge in [0.05, 0.1) is 17.1 Å². The molecule has 1 aliphatic heterocycles. The summed E-state index contributed by atoms with van der Waals surface area (Å²) in [6, 6.07) is 13.8. The van der Waals surface area contributed by atoms with Crippen molar-refractivity contribution in [3.8, 4) is 5.75 Å². The number of benzene rings is 2. The van der Waals surface area contributed by atoms with Crippen molar-refractivity contribution in [1.82, 2.24) is 5.32 Å². The maximum atomic E-state index is 12.5. The average Bonchev–Trinajstić information content (AvgIpc) is 2.93. The Labute approximate surface area is 151 Å². The summed E-state index contributed by atoms with van der Waals surface area (Å²) in [4.78, 5) is 12.5. The van der Waals surface area contributed by atoms with Crippen LogP contribution in [0.3, 0.4) is 0 Å². The monoisotopic (exact) mass is 379 g/mol. The summed E-state index contributed by atoms with van der Waals surface area (Å²) in [6.07, 6.45) is 0.446. The zero-order chi connectivity index (χ0) is 17.9. The van der Waals surface area contributed by atoms with E-state index in [9.17, 15) is 13.2 Å². The molecule has 2 aromatic rings. The van der Waals surface area contributed by atoms with Gasteiger partial charge in [-0.2, -0.15) is 0 Å². The van der Waals surface area contributed by atoms with E-state index in [0.717, 1.165) is 5.56 Å². The number of carbonyl (C=O) groups is 1. The minimum atomic E-state index is -3.04. The molecule has 1 saturated heterocycles. The summed E-state index contributed by atoms with van der Waals surface area (Å²) in [5.41, 5.74) is 1.32. The lowest BCUT2D eigenvalue weighted by molar-refractivity contribution is 0.0936. The molecule has 1 atom stereocenters. The first-order valence-corrected chi connectivity index (χ1v) is 10.1. The predicted octanol–water partition coefficient (Wildman–Crippen LogP) is 2.84. The molecule has 0 aromatic heterocycles. The summed E-state index contributed by atoms with van der Waals surface area (Å²) in [6.45, 7) is 0.305. The third-order valence-corrected chi connectivity index (χ3v) is 6.03. The van der Waals surface area contributed by atoms with Crippen molar-refractivity contribution in [2.24, 2.45) is 0 Å². The van der Waals surface area contributed by atoms with Crippen LogP contribution in [0.5, 0.6) is 5.75 Å². The molecule has 7 heteroatoms. The zero-order valence-corrected chi connectivity index (χ0v) is 15.0. The fraction of sp³-hybridized carbons (Fsp3) is 0.278. The lowest BCUT2D eigenvalue weighted by Gasteiger charge is -2.14. The van der Waals surface area contributed by atoms with E-state index in [4.69, 9.17) is 16.3 Å². The van der Waals surface area contributed by atoms with E-state index in [1.807, 2.05) is 12.1 Å². The smallest absolute Gasteiger partial charge is 0.255 e. The number of sulfone groups is 1. The van der Waals surface area contributed by atoms with Crippen LogP contribution in [0.4, 0.5) is 0 Å². The Hall–Kier alpha value is -2.05. The van der Waals surface area contributed by atoms with E-state index in [0.29, 0.717) is 29.4 Å². The van der Waals surface area contributed by atoms with Gasteiger partial charge in [-0.1, -0.05) is 35.9 Å². The number of amides is 1. The molecule has 132 valence electrons. The molecule has 0 unspecified atom stereocenters. The van der Waals surface area contributed by atoms with Crippen molar-refractivity contribution in [1.29, 1.82) is 0 Å². The van der Waals surface area contributed by atoms with Crippen LogP contribution >= 0.6 is 11.6 Å². The Morgan fingerprint density at radius 2 is 1.88 bits per heavy atom. The van der Waals surface area contributed by atoms with Crippen LogP contribution in [0.1, 0.15) is 22.3 Å². The van der Waals surface area contributed by atoms with Gasteiger partial charge in [0.15, 0.2) is 9.84 Å². The molecular formula is C18H18ClNO4S. The molecule has 1 aliphatic rings. The van der Waals surface area contributed by atoms with Crippen LogP contribution in [0.15, 0.2) is 48.5 Å². The van der Waals surface area contributed by atoms with Gasteiger partial charge in [0.25, 0.3) is 5.91 Å². The van der Waals surface area contributed by atoms with Gasteiger partial charge in [-0.25, -0.2) is 8.42 Å². The number of ether oxygens (including phenoxy) is 1. The molecule has 1 amide bonds. The second-order valence-electron chi connectivity index (χ2n) is 5.98. The largest absolute Gasteiger partial charge is 0.488 e. The normalized spacial score (nSPS) is 18.7. The number of nitrogens with one attached hydrogen (secondary N) is 1. The molecule has 3 rings (SSSR count). The third-order valence-electron chi connectivity index (χ3n) is 4.01. The molecule has 0 bridgehead atoms. The van der Waals surface area contributed by atoms with Gasteiger partial charge in [0.1, 0.15) is 12.4 Å². The molecule has 0 aliphatic carbocycles. The number of carbonyl (C=O) groups excluding carboxylic acids is 1. The summed E-state index contributed by atoms with van der Waals surface area (Å²) in [7, 11) is -3.04. The topological polar surface area (TPSA) is 72.5 Å². The first kappa shape index (κ1) is 17.8. The average molecular weight is 380 g/mol. The minimum absolute atomic E-state index is 0.00740. The van der Waals surface area contributed by atoms with Crippen molar-refractivity contribution in [2.45, 2.75) is 19.1 Å². The summed E-state index contributed by atoms with van der Waals surface area (Å²) >= 11 is 5.86. The second kappa shape index (κ2) is 7.45. The van der Waals surface area contributed by atoms with Gasteiger partial charge in [0.2, 0.25) is 0 Å². The number of rotatable bonds is 5. The summed E-state index contributed by atoms with van der Waals surface area (Å²) in [5.74, 6) is 0.240. The molecule has 0 saturated carbocycles. The highest BCUT2D eigenvalue weighted by Gasteiger charge is 2.29. The Bertz CT molecular complexity index is 865.